The van der Waals surface area contributed by atoms with Gasteiger partial charge in [0, 0.05) is 11.0 Å². The second-order valence-electron chi connectivity index (χ2n) is 9.35. The van der Waals surface area contributed by atoms with Gasteiger partial charge in [0.1, 0.15) is 5.60 Å². The molecule has 3 atom stereocenters. The van der Waals surface area contributed by atoms with E-state index in [4.69, 9.17) is 0 Å². The number of Topliss-reactive ketones (excluding diaryl/α,β-unsaturated/α-hetero) is 1. The Labute approximate surface area is 201 Å². The second kappa shape index (κ2) is 8.89. The fourth-order valence-corrected chi connectivity index (χ4v) is 5.52. The monoisotopic (exact) mass is 444 g/mol. The molecule has 5 rings (SSSR count). The molecule has 0 saturated carbocycles. The third-order valence-electron chi connectivity index (χ3n) is 7.16. The Kier molecular flexibility index (Phi) is 5.77. The van der Waals surface area contributed by atoms with E-state index in [1.54, 1.807) is 0 Å². The molecule has 0 spiro atoms. The predicted octanol–water partition coefficient (Wildman–Crippen LogP) is 6.82. The molecule has 2 nitrogen and oxygen atoms in total. The molecule has 1 aliphatic rings. The molecule has 4 aromatic carbocycles. The molecule has 0 unspecified atom stereocenters. The molecule has 1 N–H and O–H groups in total. The second-order valence-corrected chi connectivity index (χ2v) is 9.35. The molecule has 2 heteroatoms. The van der Waals surface area contributed by atoms with Gasteiger partial charge in [-0.15, -0.1) is 0 Å². The Hall–Kier alpha value is -3.75. The lowest BCUT2D eigenvalue weighted by Crippen LogP contribution is -2.53. The molecule has 0 fully saturated rings. The van der Waals surface area contributed by atoms with Crippen LogP contribution in [0.3, 0.4) is 0 Å². The lowest BCUT2D eigenvalue weighted by atomic mass is 9.54. The van der Waals surface area contributed by atoms with Gasteiger partial charge in [-0.05, 0) is 34.8 Å². The number of ketones is 1. The minimum atomic E-state index is -1.48. The summed E-state index contributed by atoms with van der Waals surface area (Å²) in [7, 11) is 0. The third-order valence-corrected chi connectivity index (χ3v) is 7.16. The van der Waals surface area contributed by atoms with Crippen molar-refractivity contribution in [1.29, 1.82) is 0 Å². The van der Waals surface area contributed by atoms with E-state index in [-0.39, 0.29) is 5.78 Å². The third kappa shape index (κ3) is 3.81. The van der Waals surface area contributed by atoms with E-state index in [1.165, 1.54) is 0 Å². The Morgan fingerprint density at radius 1 is 0.706 bits per heavy atom. The smallest absolute Gasteiger partial charge is 0.170 e. The van der Waals surface area contributed by atoms with Crippen molar-refractivity contribution >= 4 is 11.4 Å². The summed E-state index contributed by atoms with van der Waals surface area (Å²) >= 11 is 0. The average molecular weight is 445 g/mol. The summed E-state index contributed by atoms with van der Waals surface area (Å²) in [5.41, 5.74) is 2.35. The maximum atomic E-state index is 14.2. The normalized spacial score (nSPS) is 24.3. The maximum Gasteiger partial charge on any atom is 0.170 e. The van der Waals surface area contributed by atoms with Gasteiger partial charge in [0.15, 0.2) is 5.78 Å². The van der Waals surface area contributed by atoms with E-state index in [1.807, 2.05) is 103 Å². The van der Waals surface area contributed by atoms with Gasteiger partial charge in [0.05, 0.1) is 5.92 Å². The molecule has 0 amide bonds. The van der Waals surface area contributed by atoms with E-state index >= 15 is 0 Å². The Morgan fingerprint density at radius 2 is 1.18 bits per heavy atom. The largest absolute Gasteiger partial charge is 0.380 e. The first-order valence-electron chi connectivity index (χ1n) is 11.7. The minimum Gasteiger partial charge on any atom is -0.380 e. The number of carbonyl (C=O) groups excluding carboxylic acids is 1. The lowest BCUT2D eigenvalue weighted by molar-refractivity contribution is -0.00846. The van der Waals surface area contributed by atoms with E-state index < -0.39 is 16.9 Å². The van der Waals surface area contributed by atoms with Crippen LogP contribution >= 0.6 is 0 Å². The molecule has 1 aliphatic carbocycles. The number of hydrogen-bond acceptors (Lipinski definition) is 2. The summed E-state index contributed by atoms with van der Waals surface area (Å²) in [6, 6.07) is 39.3. The van der Waals surface area contributed by atoms with Crippen LogP contribution in [0.15, 0.2) is 127 Å². The van der Waals surface area contributed by atoms with Crippen molar-refractivity contribution < 1.29 is 9.90 Å². The standard InChI is InChI=1S/C32H28O2/c1-31(27-18-10-4-11-19-27)22-26(24-14-6-2-7-15-24)23-32(34,28-20-12-5-13-21-28)30(31)29(33)25-16-8-3-9-17-25/h2-21,23,30,34H,22H2,1H3/t30-,31+,32-/m0/s1. The van der Waals surface area contributed by atoms with Gasteiger partial charge >= 0.3 is 0 Å². The maximum absolute atomic E-state index is 14.2. The lowest BCUT2D eigenvalue weighted by Gasteiger charge is -2.49. The molecule has 0 heterocycles. The van der Waals surface area contributed by atoms with Gasteiger partial charge in [-0.25, -0.2) is 0 Å². The van der Waals surface area contributed by atoms with E-state index in [0.717, 1.165) is 22.3 Å². The van der Waals surface area contributed by atoms with Crippen LogP contribution in [0.4, 0.5) is 0 Å². The zero-order valence-corrected chi connectivity index (χ0v) is 19.3. The zero-order chi connectivity index (χ0) is 23.6. The summed E-state index contributed by atoms with van der Waals surface area (Å²) < 4.78 is 0. The summed E-state index contributed by atoms with van der Waals surface area (Å²) in [6.07, 6.45) is 2.56. The van der Waals surface area contributed by atoms with Gasteiger partial charge in [0.25, 0.3) is 0 Å². The fourth-order valence-electron chi connectivity index (χ4n) is 5.52. The number of carbonyl (C=O) groups is 1. The van der Waals surface area contributed by atoms with Gasteiger partial charge in [0.2, 0.25) is 0 Å². The fraction of sp³-hybridized carbons (Fsp3) is 0.156. The molecule has 0 saturated heterocycles. The quantitative estimate of drug-likeness (QED) is 0.343. The van der Waals surface area contributed by atoms with Gasteiger partial charge < -0.3 is 5.11 Å². The van der Waals surface area contributed by atoms with E-state index in [9.17, 15) is 9.90 Å². The molecule has 34 heavy (non-hydrogen) atoms. The molecule has 0 radical (unpaired) electrons. The average Bonchev–Trinajstić information content (AvgIpc) is 2.90. The summed E-state index contributed by atoms with van der Waals surface area (Å²) in [4.78, 5) is 14.2. The van der Waals surface area contributed by atoms with Crippen LogP contribution in [0.2, 0.25) is 0 Å². The van der Waals surface area contributed by atoms with Crippen LogP contribution in [0.25, 0.3) is 5.57 Å². The summed E-state index contributed by atoms with van der Waals surface area (Å²) in [5.74, 6) is -0.763. The number of allylic oxidation sites excluding steroid dienone is 1. The summed E-state index contributed by atoms with van der Waals surface area (Å²) in [5, 5.41) is 12.6. The van der Waals surface area contributed by atoms with Crippen molar-refractivity contribution in [2.75, 3.05) is 0 Å². The first-order valence-corrected chi connectivity index (χ1v) is 11.7. The molecule has 0 aromatic heterocycles. The van der Waals surface area contributed by atoms with Crippen molar-refractivity contribution in [3.8, 4) is 0 Å². The van der Waals surface area contributed by atoms with Crippen LogP contribution in [0.1, 0.15) is 40.4 Å². The van der Waals surface area contributed by atoms with Crippen LogP contribution < -0.4 is 0 Å². The highest BCUT2D eigenvalue weighted by molar-refractivity contribution is 6.01. The van der Waals surface area contributed by atoms with Crippen molar-refractivity contribution in [2.24, 2.45) is 5.92 Å². The molecule has 4 aromatic rings. The Balaban J connectivity index is 1.80. The Morgan fingerprint density at radius 3 is 1.74 bits per heavy atom. The molecule has 0 bridgehead atoms. The molecular formula is C32H28O2. The minimum absolute atomic E-state index is 0.0540. The van der Waals surface area contributed by atoms with Gasteiger partial charge in [-0.2, -0.15) is 0 Å². The van der Waals surface area contributed by atoms with E-state index in [2.05, 4.69) is 31.2 Å². The molecule has 168 valence electrons. The van der Waals surface area contributed by atoms with Crippen molar-refractivity contribution in [1.82, 2.24) is 0 Å². The highest BCUT2D eigenvalue weighted by Gasteiger charge is 2.55. The number of rotatable bonds is 5. The van der Waals surface area contributed by atoms with Crippen molar-refractivity contribution in [2.45, 2.75) is 24.4 Å². The van der Waals surface area contributed by atoms with Gasteiger partial charge in [-0.1, -0.05) is 128 Å². The summed E-state index contributed by atoms with van der Waals surface area (Å²) in [6.45, 7) is 2.12. The first-order chi connectivity index (χ1) is 16.5. The zero-order valence-electron chi connectivity index (χ0n) is 19.3. The van der Waals surface area contributed by atoms with Crippen molar-refractivity contribution in [3.05, 3.63) is 150 Å². The van der Waals surface area contributed by atoms with E-state index in [0.29, 0.717) is 12.0 Å². The predicted molar refractivity (Wildman–Crippen MR) is 137 cm³/mol. The first kappa shape index (κ1) is 22.1. The Bertz CT molecular complexity index is 1300. The van der Waals surface area contributed by atoms with Crippen LogP contribution in [-0.2, 0) is 11.0 Å². The number of aliphatic hydroxyl groups is 1. The molecular weight excluding hydrogens is 416 g/mol. The van der Waals surface area contributed by atoms with Crippen molar-refractivity contribution in [3.63, 3.8) is 0 Å². The molecule has 0 aliphatic heterocycles. The highest BCUT2D eigenvalue weighted by Crippen LogP contribution is 2.54. The van der Waals surface area contributed by atoms with Crippen LogP contribution in [-0.4, -0.2) is 10.9 Å². The SMILES string of the molecule is C[C@]1(c2ccccc2)CC(c2ccccc2)=C[C@](O)(c2ccccc2)[C@H]1C(=O)c1ccccc1. The highest BCUT2D eigenvalue weighted by atomic mass is 16.3. The number of hydrogen-bond donors (Lipinski definition) is 1. The van der Waals surface area contributed by atoms with Crippen LogP contribution in [0, 0.1) is 5.92 Å². The topological polar surface area (TPSA) is 37.3 Å². The van der Waals surface area contributed by atoms with Gasteiger partial charge in [-0.3, -0.25) is 4.79 Å². The van der Waals surface area contributed by atoms with Crippen LogP contribution in [0.5, 0.6) is 0 Å². The number of benzene rings is 4.